The highest BCUT2D eigenvalue weighted by Crippen LogP contribution is 2.13. The molecular formula is C19H36O6. The van der Waals surface area contributed by atoms with Crippen molar-refractivity contribution >= 4 is 11.9 Å². The number of hydrogen-bond acceptors (Lipinski definition) is 5. The van der Waals surface area contributed by atoms with Crippen molar-refractivity contribution in [2.24, 2.45) is 0 Å². The van der Waals surface area contributed by atoms with Gasteiger partial charge in [-0.25, -0.2) is 0 Å². The van der Waals surface area contributed by atoms with E-state index in [2.05, 4.69) is 0 Å². The van der Waals surface area contributed by atoms with Crippen LogP contribution in [0.4, 0.5) is 0 Å². The van der Waals surface area contributed by atoms with Crippen molar-refractivity contribution in [1.82, 2.24) is 0 Å². The summed E-state index contributed by atoms with van der Waals surface area (Å²) in [6.45, 7) is -0.521. The molecule has 0 aliphatic heterocycles. The molecule has 0 aromatic rings. The zero-order valence-corrected chi connectivity index (χ0v) is 15.5. The fourth-order valence-corrected chi connectivity index (χ4v) is 2.63. The number of aliphatic carboxylic acids is 1. The molecule has 1 atom stereocenters. The van der Waals surface area contributed by atoms with Crippen LogP contribution in [0.1, 0.15) is 89.9 Å². The zero-order valence-electron chi connectivity index (χ0n) is 15.5. The molecule has 0 amide bonds. The van der Waals surface area contributed by atoms with Crippen molar-refractivity contribution in [1.29, 1.82) is 0 Å². The average molecular weight is 360 g/mol. The SMILES string of the molecule is O=C(O)CCCCCCCCCCCCCCC(=O)OCC(O)CO. The van der Waals surface area contributed by atoms with Crippen molar-refractivity contribution in [3.8, 4) is 0 Å². The summed E-state index contributed by atoms with van der Waals surface area (Å²) in [6.07, 6.45) is 12.9. The number of esters is 1. The smallest absolute Gasteiger partial charge is 0.305 e. The summed E-state index contributed by atoms with van der Waals surface area (Å²) in [5.41, 5.74) is 0. The number of carbonyl (C=O) groups excluding carboxylic acids is 1. The van der Waals surface area contributed by atoms with Gasteiger partial charge in [0.15, 0.2) is 0 Å². The molecule has 148 valence electrons. The van der Waals surface area contributed by atoms with Gasteiger partial charge in [-0.2, -0.15) is 0 Å². The normalized spacial score (nSPS) is 12.1. The summed E-state index contributed by atoms with van der Waals surface area (Å²) in [6, 6.07) is 0. The van der Waals surface area contributed by atoms with Gasteiger partial charge in [-0.15, -0.1) is 0 Å². The van der Waals surface area contributed by atoms with Gasteiger partial charge in [0.1, 0.15) is 12.7 Å². The number of hydrogen-bond donors (Lipinski definition) is 3. The Morgan fingerprint density at radius 1 is 0.720 bits per heavy atom. The van der Waals surface area contributed by atoms with Crippen LogP contribution in [0, 0.1) is 0 Å². The van der Waals surface area contributed by atoms with E-state index in [1.807, 2.05) is 0 Å². The van der Waals surface area contributed by atoms with Crippen molar-refractivity contribution in [3.05, 3.63) is 0 Å². The van der Waals surface area contributed by atoms with Crippen LogP contribution in [-0.4, -0.2) is 46.6 Å². The third-order valence-corrected chi connectivity index (χ3v) is 4.17. The van der Waals surface area contributed by atoms with Crippen molar-refractivity contribution in [3.63, 3.8) is 0 Å². The monoisotopic (exact) mass is 360 g/mol. The van der Waals surface area contributed by atoms with E-state index in [1.54, 1.807) is 0 Å². The summed E-state index contributed by atoms with van der Waals surface area (Å²) in [7, 11) is 0. The average Bonchev–Trinajstić information content (AvgIpc) is 2.59. The van der Waals surface area contributed by atoms with E-state index in [-0.39, 0.29) is 12.6 Å². The third-order valence-electron chi connectivity index (χ3n) is 4.17. The summed E-state index contributed by atoms with van der Waals surface area (Å²) >= 11 is 0. The molecular weight excluding hydrogens is 324 g/mol. The topological polar surface area (TPSA) is 104 Å². The van der Waals surface area contributed by atoms with Gasteiger partial charge in [-0.1, -0.05) is 64.2 Å². The molecule has 1 unspecified atom stereocenters. The highest BCUT2D eigenvalue weighted by atomic mass is 16.5. The molecule has 0 fully saturated rings. The van der Waals surface area contributed by atoms with Gasteiger partial charge in [0.2, 0.25) is 0 Å². The molecule has 0 heterocycles. The molecule has 0 aromatic carbocycles. The number of ether oxygens (including phenoxy) is 1. The standard InChI is InChI=1S/C19H36O6/c20-15-17(21)16-25-19(24)14-12-10-8-6-4-2-1-3-5-7-9-11-13-18(22)23/h17,20-21H,1-16H2,(H,22,23). The number of carbonyl (C=O) groups is 2. The summed E-state index contributed by atoms with van der Waals surface area (Å²) < 4.78 is 4.84. The van der Waals surface area contributed by atoms with Gasteiger partial charge in [0, 0.05) is 12.8 Å². The number of carboxylic acids is 1. The lowest BCUT2D eigenvalue weighted by Gasteiger charge is -2.08. The second-order valence-electron chi connectivity index (χ2n) is 6.66. The van der Waals surface area contributed by atoms with Gasteiger partial charge in [0.25, 0.3) is 0 Å². The van der Waals surface area contributed by atoms with E-state index in [0.29, 0.717) is 12.8 Å². The molecule has 0 aliphatic carbocycles. The minimum atomic E-state index is -0.978. The predicted molar refractivity (Wildman–Crippen MR) is 96.3 cm³/mol. The molecule has 25 heavy (non-hydrogen) atoms. The van der Waals surface area contributed by atoms with E-state index >= 15 is 0 Å². The Labute approximate surface area is 151 Å². The van der Waals surface area contributed by atoms with Crippen LogP contribution in [0.25, 0.3) is 0 Å². The van der Waals surface area contributed by atoms with E-state index in [4.69, 9.17) is 20.1 Å². The van der Waals surface area contributed by atoms with E-state index in [0.717, 1.165) is 38.5 Å². The molecule has 0 radical (unpaired) electrons. The molecule has 0 saturated carbocycles. The van der Waals surface area contributed by atoms with Crippen molar-refractivity contribution in [2.75, 3.05) is 13.2 Å². The molecule has 0 rings (SSSR count). The molecule has 6 heteroatoms. The number of rotatable bonds is 18. The number of aliphatic hydroxyl groups excluding tert-OH is 2. The Morgan fingerprint density at radius 3 is 1.52 bits per heavy atom. The van der Waals surface area contributed by atoms with Crippen LogP contribution in [0.5, 0.6) is 0 Å². The van der Waals surface area contributed by atoms with Gasteiger partial charge in [0.05, 0.1) is 6.61 Å². The zero-order chi connectivity index (χ0) is 18.8. The molecule has 6 nitrogen and oxygen atoms in total. The molecule has 0 aliphatic rings. The first-order chi connectivity index (χ1) is 12.1. The van der Waals surface area contributed by atoms with E-state index in [1.165, 1.54) is 38.5 Å². The van der Waals surface area contributed by atoms with Gasteiger partial charge in [-0.3, -0.25) is 9.59 Å². The summed E-state index contributed by atoms with van der Waals surface area (Å²) in [5.74, 6) is -1.01. The Balaban J connectivity index is 3.16. The number of carboxylic acid groups (broad SMARTS) is 1. The highest BCUT2D eigenvalue weighted by molar-refractivity contribution is 5.69. The molecule has 0 saturated heterocycles. The second kappa shape index (κ2) is 17.7. The maximum Gasteiger partial charge on any atom is 0.305 e. The van der Waals surface area contributed by atoms with E-state index in [9.17, 15) is 9.59 Å². The lowest BCUT2D eigenvalue weighted by Crippen LogP contribution is -2.21. The molecule has 3 N–H and O–H groups in total. The molecule has 0 aromatic heterocycles. The van der Waals surface area contributed by atoms with Crippen LogP contribution in [0.2, 0.25) is 0 Å². The van der Waals surface area contributed by atoms with Crippen molar-refractivity contribution in [2.45, 2.75) is 96.0 Å². The fraction of sp³-hybridized carbons (Fsp3) is 0.895. The Bertz CT molecular complexity index is 332. The van der Waals surface area contributed by atoms with E-state index < -0.39 is 18.7 Å². The quantitative estimate of drug-likeness (QED) is 0.255. The Hall–Kier alpha value is -1.14. The highest BCUT2D eigenvalue weighted by Gasteiger charge is 2.07. The number of unbranched alkanes of at least 4 members (excludes halogenated alkanes) is 11. The van der Waals surface area contributed by atoms with Crippen molar-refractivity contribution < 1.29 is 29.6 Å². The largest absolute Gasteiger partial charge is 0.481 e. The lowest BCUT2D eigenvalue weighted by molar-refractivity contribution is -0.147. The number of aliphatic hydroxyl groups is 2. The second-order valence-corrected chi connectivity index (χ2v) is 6.66. The molecule has 0 bridgehead atoms. The van der Waals surface area contributed by atoms with Crippen LogP contribution < -0.4 is 0 Å². The summed E-state index contributed by atoms with van der Waals surface area (Å²) in [4.78, 5) is 21.7. The third kappa shape index (κ3) is 19.0. The minimum Gasteiger partial charge on any atom is -0.481 e. The lowest BCUT2D eigenvalue weighted by atomic mass is 10.0. The predicted octanol–water partition coefficient (Wildman–Crippen LogP) is 3.43. The Morgan fingerprint density at radius 2 is 1.12 bits per heavy atom. The van der Waals surface area contributed by atoms with Crippen LogP contribution in [-0.2, 0) is 14.3 Å². The van der Waals surface area contributed by atoms with Gasteiger partial charge in [-0.05, 0) is 12.8 Å². The van der Waals surface area contributed by atoms with Crippen LogP contribution in [0.15, 0.2) is 0 Å². The first-order valence-electron chi connectivity index (χ1n) is 9.72. The van der Waals surface area contributed by atoms with Gasteiger partial charge < -0.3 is 20.1 Å². The first kappa shape index (κ1) is 23.9. The Kier molecular flexibility index (Phi) is 16.9. The molecule has 0 spiro atoms. The fourth-order valence-electron chi connectivity index (χ4n) is 2.63. The van der Waals surface area contributed by atoms with Crippen LogP contribution >= 0.6 is 0 Å². The minimum absolute atomic E-state index is 0.130. The first-order valence-corrected chi connectivity index (χ1v) is 9.72. The van der Waals surface area contributed by atoms with Crippen LogP contribution in [0.3, 0.4) is 0 Å². The van der Waals surface area contributed by atoms with Gasteiger partial charge >= 0.3 is 11.9 Å². The maximum absolute atomic E-state index is 11.4. The summed E-state index contributed by atoms with van der Waals surface area (Å²) in [5, 5.41) is 26.2. The maximum atomic E-state index is 11.4.